The monoisotopic (exact) mass is 488 g/mol. The summed E-state index contributed by atoms with van der Waals surface area (Å²) in [6, 6.07) is 15.0. The average molecular weight is 489 g/mol. The summed E-state index contributed by atoms with van der Waals surface area (Å²) in [6.45, 7) is 2.40. The lowest BCUT2D eigenvalue weighted by atomic mass is 9.85. The number of hydrogen-bond donors (Lipinski definition) is 1. The first-order valence-electron chi connectivity index (χ1n) is 11.3. The number of para-hydroxylation sites is 1. The van der Waals surface area contributed by atoms with E-state index >= 15 is 0 Å². The van der Waals surface area contributed by atoms with Crippen molar-refractivity contribution in [1.29, 1.82) is 0 Å². The van der Waals surface area contributed by atoms with Gasteiger partial charge in [-0.2, -0.15) is 0 Å². The predicted octanol–water partition coefficient (Wildman–Crippen LogP) is 3.69. The van der Waals surface area contributed by atoms with Gasteiger partial charge < -0.3 is 15.1 Å². The normalized spacial score (nSPS) is 17.5. The molecular weight excluding hydrogens is 459 g/mol. The van der Waals surface area contributed by atoms with Crippen molar-refractivity contribution in [3.05, 3.63) is 66.0 Å². The van der Waals surface area contributed by atoms with Gasteiger partial charge in [-0.25, -0.2) is 14.1 Å². The number of imide groups is 1. The van der Waals surface area contributed by atoms with E-state index in [2.05, 4.69) is 15.1 Å². The van der Waals surface area contributed by atoms with Crippen LogP contribution in [0.4, 0.5) is 14.9 Å². The molecule has 1 N–H and O–H groups in total. The summed E-state index contributed by atoms with van der Waals surface area (Å²) >= 11 is 0. The Balaban J connectivity index is 0.00000324. The van der Waals surface area contributed by atoms with Gasteiger partial charge in [0.2, 0.25) is 0 Å². The number of nitrogens with one attached hydrogen (secondary N) is 1. The molecule has 2 aliphatic heterocycles. The topological polar surface area (TPSA) is 73.0 Å². The van der Waals surface area contributed by atoms with Gasteiger partial charge in [-0.15, -0.1) is 12.4 Å². The zero-order chi connectivity index (χ0) is 23.4. The highest BCUT2D eigenvalue weighted by molar-refractivity contribution is 6.04. The van der Waals surface area contributed by atoms with E-state index in [1.165, 1.54) is 36.2 Å². The smallest absolute Gasteiger partial charge is 0.325 e. The third-order valence-electron chi connectivity index (χ3n) is 6.70. The summed E-state index contributed by atoms with van der Waals surface area (Å²) in [5.41, 5.74) is 0.711. The Morgan fingerprint density at radius 1 is 1.03 bits per heavy atom. The lowest BCUT2D eigenvalue weighted by Gasteiger charge is -2.43. The molecule has 182 valence electrons. The van der Waals surface area contributed by atoms with Crippen LogP contribution in [0.15, 0.2) is 54.6 Å². The summed E-state index contributed by atoms with van der Waals surface area (Å²) in [5.74, 6) is -0.502. The molecule has 2 aliphatic rings. The molecule has 0 atom stereocenters. The van der Waals surface area contributed by atoms with E-state index in [-0.39, 0.29) is 42.6 Å². The first-order chi connectivity index (χ1) is 15.9. The van der Waals surface area contributed by atoms with Gasteiger partial charge in [-0.1, -0.05) is 18.2 Å². The van der Waals surface area contributed by atoms with E-state index in [9.17, 15) is 18.8 Å². The second-order valence-corrected chi connectivity index (χ2v) is 8.60. The highest BCUT2D eigenvalue weighted by atomic mass is 35.5. The Bertz CT molecular complexity index is 1010. The van der Waals surface area contributed by atoms with Crippen LogP contribution in [0.25, 0.3) is 0 Å². The largest absolute Gasteiger partial charge is 0.341 e. The van der Waals surface area contributed by atoms with Crippen LogP contribution in [0, 0.1) is 5.82 Å². The molecule has 9 heteroatoms. The number of hydrogen-bond acceptors (Lipinski definition) is 5. The number of ketones is 1. The van der Waals surface area contributed by atoms with Crippen LogP contribution in [0.2, 0.25) is 0 Å². The third kappa shape index (κ3) is 5.08. The number of benzene rings is 2. The molecule has 7 nitrogen and oxygen atoms in total. The molecule has 2 aromatic carbocycles. The van der Waals surface area contributed by atoms with Gasteiger partial charge in [0.25, 0.3) is 5.91 Å². The lowest BCUT2D eigenvalue weighted by Crippen LogP contribution is -2.57. The van der Waals surface area contributed by atoms with Crippen LogP contribution in [0.1, 0.15) is 36.0 Å². The van der Waals surface area contributed by atoms with Gasteiger partial charge in [0.15, 0.2) is 5.78 Å². The number of likely N-dealkylation sites (tertiary alicyclic amines) is 1. The summed E-state index contributed by atoms with van der Waals surface area (Å²) < 4.78 is 13.1. The summed E-state index contributed by atoms with van der Waals surface area (Å²) in [6.07, 6.45) is 2.32. The third-order valence-corrected chi connectivity index (χ3v) is 6.70. The first kappa shape index (κ1) is 25.6. The van der Waals surface area contributed by atoms with E-state index in [0.717, 1.165) is 12.2 Å². The molecule has 2 saturated heterocycles. The van der Waals surface area contributed by atoms with Gasteiger partial charge in [0, 0.05) is 37.8 Å². The standard InChI is InChI=1S/C25H29FN4O3.ClH/c1-27-24(33)29-18-30(21-6-3-2-4-7-21)25(23(29)32)13-16-28(17-14-25)15-5-8-22(31)19-9-11-20(26)12-10-19;/h2-4,6-7,9-12H,5,8,13-18H2,1H3,(H,27,33);1H. The predicted molar refractivity (Wildman–Crippen MR) is 131 cm³/mol. The molecule has 3 amide bonds. The fraction of sp³-hybridized carbons (Fsp3) is 0.400. The SMILES string of the molecule is CNC(=O)N1CN(c2ccccc2)C2(CCN(CCCC(=O)c3ccc(F)cc3)CC2)C1=O.Cl. The van der Waals surface area contributed by atoms with Crippen molar-refractivity contribution in [3.63, 3.8) is 0 Å². The number of amides is 3. The molecule has 0 saturated carbocycles. The summed E-state index contributed by atoms with van der Waals surface area (Å²) in [5, 5.41) is 2.57. The molecule has 2 fully saturated rings. The van der Waals surface area contributed by atoms with Crippen molar-refractivity contribution < 1.29 is 18.8 Å². The van der Waals surface area contributed by atoms with Crippen molar-refractivity contribution in [1.82, 2.24) is 15.1 Å². The molecule has 2 aromatic rings. The van der Waals surface area contributed by atoms with Gasteiger partial charge >= 0.3 is 6.03 Å². The molecule has 2 heterocycles. The number of anilines is 1. The Labute approximate surface area is 205 Å². The van der Waals surface area contributed by atoms with Gasteiger partial charge in [-0.3, -0.25) is 9.59 Å². The Hall–Kier alpha value is -2.97. The maximum atomic E-state index is 13.4. The van der Waals surface area contributed by atoms with Crippen molar-refractivity contribution in [2.75, 3.05) is 38.3 Å². The van der Waals surface area contributed by atoms with Gasteiger partial charge in [-0.05, 0) is 62.2 Å². The number of rotatable bonds is 6. The van der Waals surface area contributed by atoms with Crippen molar-refractivity contribution in [2.45, 2.75) is 31.2 Å². The minimum Gasteiger partial charge on any atom is -0.341 e. The van der Waals surface area contributed by atoms with Crippen LogP contribution < -0.4 is 10.2 Å². The molecule has 0 aromatic heterocycles. The van der Waals surface area contributed by atoms with Gasteiger partial charge in [0.1, 0.15) is 18.0 Å². The molecule has 0 radical (unpaired) electrons. The molecule has 0 unspecified atom stereocenters. The summed E-state index contributed by atoms with van der Waals surface area (Å²) in [7, 11) is 1.53. The zero-order valence-corrected chi connectivity index (χ0v) is 20.0. The van der Waals surface area contributed by atoms with Crippen LogP contribution in [-0.2, 0) is 4.79 Å². The second-order valence-electron chi connectivity index (χ2n) is 8.60. The second kappa shape index (κ2) is 11.0. The Kier molecular flexibility index (Phi) is 8.28. The molecule has 4 rings (SSSR count). The minimum atomic E-state index is -0.742. The highest BCUT2D eigenvalue weighted by Gasteiger charge is 2.55. The molecule has 0 aliphatic carbocycles. The number of Topliss-reactive ketones (excluding diaryl/α,β-unsaturated/α-hetero) is 1. The highest BCUT2D eigenvalue weighted by Crippen LogP contribution is 2.39. The van der Waals surface area contributed by atoms with Crippen LogP contribution in [0.5, 0.6) is 0 Å². The molecular formula is C25H30ClFN4O3. The maximum Gasteiger partial charge on any atom is 0.325 e. The Morgan fingerprint density at radius 3 is 2.29 bits per heavy atom. The minimum absolute atomic E-state index is 0. The van der Waals surface area contributed by atoms with Crippen LogP contribution >= 0.6 is 12.4 Å². The average Bonchev–Trinajstić information content (AvgIpc) is 3.12. The van der Waals surface area contributed by atoms with E-state index < -0.39 is 5.54 Å². The quantitative estimate of drug-likeness (QED) is 0.628. The lowest BCUT2D eigenvalue weighted by molar-refractivity contribution is -0.131. The van der Waals surface area contributed by atoms with Crippen LogP contribution in [-0.4, -0.2) is 66.4 Å². The van der Waals surface area contributed by atoms with E-state index in [1.54, 1.807) is 0 Å². The van der Waals surface area contributed by atoms with Crippen LogP contribution in [0.3, 0.4) is 0 Å². The first-order valence-corrected chi connectivity index (χ1v) is 11.3. The number of carbonyl (C=O) groups excluding carboxylic acids is 3. The van der Waals surface area contributed by atoms with Gasteiger partial charge in [0.05, 0.1) is 0 Å². The fourth-order valence-electron chi connectivity index (χ4n) is 4.81. The van der Waals surface area contributed by atoms with Crippen molar-refractivity contribution in [3.8, 4) is 0 Å². The number of nitrogens with zero attached hydrogens (tertiary/aromatic N) is 3. The Morgan fingerprint density at radius 2 is 1.68 bits per heavy atom. The van der Waals surface area contributed by atoms with Crippen molar-refractivity contribution in [2.24, 2.45) is 0 Å². The van der Waals surface area contributed by atoms with Crippen molar-refractivity contribution >= 4 is 35.8 Å². The number of piperidine rings is 1. The van der Waals surface area contributed by atoms with E-state index in [1.807, 2.05) is 30.3 Å². The summed E-state index contributed by atoms with van der Waals surface area (Å²) in [4.78, 5) is 43.7. The number of halogens is 2. The molecule has 1 spiro atoms. The molecule has 34 heavy (non-hydrogen) atoms. The number of urea groups is 1. The number of carbonyl (C=O) groups is 3. The van der Waals surface area contributed by atoms with E-state index in [4.69, 9.17) is 0 Å². The fourth-order valence-corrected chi connectivity index (χ4v) is 4.81. The maximum absolute atomic E-state index is 13.4. The molecule has 0 bridgehead atoms. The zero-order valence-electron chi connectivity index (χ0n) is 19.2. The van der Waals surface area contributed by atoms with E-state index in [0.29, 0.717) is 44.3 Å².